The number of halogens is 1. The average molecular weight is 509 g/mol. The van der Waals surface area contributed by atoms with Crippen molar-refractivity contribution in [1.29, 1.82) is 0 Å². The Morgan fingerprint density at radius 2 is 2.15 bits per heavy atom. The number of aromatic nitrogens is 3. The molecule has 34 heavy (non-hydrogen) atoms. The van der Waals surface area contributed by atoms with Gasteiger partial charge in [-0.15, -0.1) is 23.7 Å². The molecule has 1 fully saturated rings. The van der Waals surface area contributed by atoms with Crippen molar-refractivity contribution in [3.05, 3.63) is 45.7 Å². The average Bonchev–Trinajstić information content (AvgIpc) is 3.47. The minimum atomic E-state index is -1.31. The van der Waals surface area contributed by atoms with Gasteiger partial charge in [0.1, 0.15) is 11.4 Å². The number of hydrogen-bond acceptors (Lipinski definition) is 10. The topological polar surface area (TPSA) is 153 Å². The second-order valence-electron chi connectivity index (χ2n) is 7.82. The number of anilines is 1. The number of aromatic carboxylic acids is 1. The minimum absolute atomic E-state index is 0. The van der Waals surface area contributed by atoms with Gasteiger partial charge in [0.25, 0.3) is 0 Å². The quantitative estimate of drug-likeness (QED) is 0.395. The van der Waals surface area contributed by atoms with E-state index in [-0.39, 0.29) is 47.8 Å². The van der Waals surface area contributed by atoms with Crippen molar-refractivity contribution < 1.29 is 19.4 Å². The van der Waals surface area contributed by atoms with Crippen LogP contribution in [0.4, 0.5) is 5.82 Å². The number of carbonyl (C=O) groups is 2. The van der Waals surface area contributed by atoms with E-state index in [0.29, 0.717) is 29.7 Å². The summed E-state index contributed by atoms with van der Waals surface area (Å²) in [6.07, 6.45) is 2.67. The molecular weight excluding hydrogens is 484 g/mol. The van der Waals surface area contributed by atoms with Gasteiger partial charge in [-0.05, 0) is 19.1 Å². The van der Waals surface area contributed by atoms with Gasteiger partial charge in [-0.2, -0.15) is 0 Å². The molecule has 0 radical (unpaired) electrons. The summed E-state index contributed by atoms with van der Waals surface area (Å²) in [6, 6.07) is 2.60. The van der Waals surface area contributed by atoms with Crippen molar-refractivity contribution >= 4 is 52.3 Å². The standard InChI is InChI=1S/C21H24N6O5S.ClH/c1-11(22)15(28)7-24-14-9-26(10-16(14)32-2)17-4-3-12-18(29)13(20(30)31)8-27(19(12)25-17)21-23-5-6-33-21;/h3-6,8,11,14,16,24H,7,9-10,22H2,1-2H3,(H,30,31);1H/t11-,14?,16?;/m0./s1. The second kappa shape index (κ2) is 10.6. The van der Waals surface area contributed by atoms with E-state index in [1.54, 1.807) is 37.7 Å². The number of carbonyl (C=O) groups excluding carboxylic acids is 1. The van der Waals surface area contributed by atoms with Crippen molar-refractivity contribution in [2.24, 2.45) is 5.73 Å². The fourth-order valence-electron chi connectivity index (χ4n) is 3.79. The summed E-state index contributed by atoms with van der Waals surface area (Å²) in [5.41, 5.74) is 5.01. The number of fused-ring (bicyclic) bond motifs is 1. The summed E-state index contributed by atoms with van der Waals surface area (Å²) in [5.74, 6) is -0.803. The molecule has 1 saturated heterocycles. The molecule has 0 saturated carbocycles. The zero-order valence-corrected chi connectivity index (χ0v) is 20.1. The lowest BCUT2D eigenvalue weighted by molar-refractivity contribution is -0.119. The third-order valence-electron chi connectivity index (χ3n) is 5.63. The Balaban J connectivity index is 0.00000324. The Bertz CT molecular complexity index is 1250. The van der Waals surface area contributed by atoms with E-state index in [4.69, 9.17) is 15.5 Å². The number of ketones is 1. The normalized spacial score (nSPS) is 18.6. The van der Waals surface area contributed by atoms with Gasteiger partial charge in [0.05, 0.1) is 30.1 Å². The van der Waals surface area contributed by atoms with Crippen LogP contribution in [0.15, 0.2) is 34.7 Å². The molecule has 3 aromatic heterocycles. The molecule has 4 rings (SSSR count). The van der Waals surface area contributed by atoms with Gasteiger partial charge < -0.3 is 25.8 Å². The number of Topliss-reactive ketones (excluding diaryl/α,β-unsaturated/α-hetero) is 1. The monoisotopic (exact) mass is 508 g/mol. The van der Waals surface area contributed by atoms with Gasteiger partial charge in [0.15, 0.2) is 16.6 Å². The van der Waals surface area contributed by atoms with Crippen molar-refractivity contribution in [3.8, 4) is 5.13 Å². The first-order valence-electron chi connectivity index (χ1n) is 10.3. The highest BCUT2D eigenvalue weighted by molar-refractivity contribution is 7.12. The molecule has 0 spiro atoms. The lowest BCUT2D eigenvalue weighted by atomic mass is 10.2. The summed E-state index contributed by atoms with van der Waals surface area (Å²) in [6.45, 7) is 2.84. The van der Waals surface area contributed by atoms with Crippen LogP contribution >= 0.6 is 23.7 Å². The molecule has 13 heteroatoms. The van der Waals surface area contributed by atoms with Gasteiger partial charge in [-0.25, -0.2) is 14.8 Å². The molecule has 1 aliphatic heterocycles. The summed E-state index contributed by atoms with van der Waals surface area (Å²) >= 11 is 1.30. The Morgan fingerprint density at radius 3 is 2.76 bits per heavy atom. The van der Waals surface area contributed by atoms with Crippen molar-refractivity contribution in [3.63, 3.8) is 0 Å². The fraction of sp³-hybridized carbons (Fsp3) is 0.381. The third kappa shape index (κ3) is 4.95. The molecule has 3 atom stereocenters. The zero-order chi connectivity index (χ0) is 23.7. The van der Waals surface area contributed by atoms with Crippen LogP contribution in [0, 0.1) is 0 Å². The van der Waals surface area contributed by atoms with Crippen LogP contribution in [0.1, 0.15) is 17.3 Å². The zero-order valence-electron chi connectivity index (χ0n) is 18.5. The maximum absolute atomic E-state index is 12.7. The molecule has 11 nitrogen and oxygen atoms in total. The number of nitrogens with zero attached hydrogens (tertiary/aromatic N) is 4. The molecule has 182 valence electrons. The highest BCUT2D eigenvalue weighted by atomic mass is 35.5. The Morgan fingerprint density at radius 1 is 1.38 bits per heavy atom. The number of pyridine rings is 2. The van der Waals surface area contributed by atoms with E-state index in [0.717, 1.165) is 0 Å². The molecule has 0 amide bonds. The van der Waals surface area contributed by atoms with Crippen LogP contribution in [0.3, 0.4) is 0 Å². The number of thiazole rings is 1. The van der Waals surface area contributed by atoms with E-state index in [2.05, 4.69) is 10.3 Å². The number of nitrogens with one attached hydrogen (secondary N) is 1. The molecule has 0 aromatic carbocycles. The predicted molar refractivity (Wildman–Crippen MR) is 131 cm³/mol. The van der Waals surface area contributed by atoms with Crippen LogP contribution < -0.4 is 21.4 Å². The molecular formula is C21H25ClN6O5S. The molecule has 0 aliphatic carbocycles. The van der Waals surface area contributed by atoms with Crippen molar-refractivity contribution in [1.82, 2.24) is 19.9 Å². The first-order chi connectivity index (χ1) is 15.8. The number of methoxy groups -OCH3 is 1. The van der Waals surface area contributed by atoms with Crippen LogP contribution in [-0.2, 0) is 9.53 Å². The first-order valence-corrected chi connectivity index (χ1v) is 11.2. The summed E-state index contributed by atoms with van der Waals surface area (Å²) in [4.78, 5) is 47.2. The number of ether oxygens (including phenoxy) is 1. The number of rotatable bonds is 8. The minimum Gasteiger partial charge on any atom is -0.477 e. The molecule has 0 bridgehead atoms. The van der Waals surface area contributed by atoms with Gasteiger partial charge in [-0.3, -0.25) is 14.2 Å². The maximum Gasteiger partial charge on any atom is 0.341 e. The highest BCUT2D eigenvalue weighted by Gasteiger charge is 2.34. The largest absolute Gasteiger partial charge is 0.477 e. The van der Waals surface area contributed by atoms with E-state index < -0.39 is 17.4 Å². The van der Waals surface area contributed by atoms with Gasteiger partial charge in [-0.1, -0.05) is 0 Å². The van der Waals surface area contributed by atoms with E-state index in [9.17, 15) is 19.5 Å². The molecule has 3 aromatic rings. The number of nitrogens with two attached hydrogens (primary N) is 1. The lowest BCUT2D eigenvalue weighted by Crippen LogP contribution is -2.45. The Labute approximate surface area is 205 Å². The van der Waals surface area contributed by atoms with Gasteiger partial charge in [0.2, 0.25) is 5.43 Å². The smallest absolute Gasteiger partial charge is 0.341 e. The van der Waals surface area contributed by atoms with E-state index >= 15 is 0 Å². The second-order valence-corrected chi connectivity index (χ2v) is 8.70. The SMILES string of the molecule is COC1CN(c2ccc3c(=O)c(C(=O)O)cn(-c4nccs4)c3n2)CC1NCC(=O)[C@H](C)N.Cl. The molecule has 1 aliphatic rings. The van der Waals surface area contributed by atoms with Crippen molar-refractivity contribution in [2.45, 2.75) is 25.1 Å². The van der Waals surface area contributed by atoms with Gasteiger partial charge in [0, 0.05) is 38.0 Å². The number of hydrogen-bond donors (Lipinski definition) is 3. The molecule has 4 N–H and O–H groups in total. The summed E-state index contributed by atoms with van der Waals surface area (Å²) < 4.78 is 7.12. The Hall–Kier alpha value is -2.90. The van der Waals surface area contributed by atoms with E-state index in [1.165, 1.54) is 22.1 Å². The maximum atomic E-state index is 12.7. The van der Waals surface area contributed by atoms with Crippen LogP contribution in [0.25, 0.3) is 16.2 Å². The van der Waals surface area contributed by atoms with Crippen LogP contribution in [0.5, 0.6) is 0 Å². The van der Waals surface area contributed by atoms with Gasteiger partial charge >= 0.3 is 5.97 Å². The summed E-state index contributed by atoms with van der Waals surface area (Å²) in [7, 11) is 1.61. The highest BCUT2D eigenvalue weighted by Crippen LogP contribution is 2.24. The predicted octanol–water partition coefficient (Wildman–Crippen LogP) is 0.672. The van der Waals surface area contributed by atoms with Crippen LogP contribution in [0.2, 0.25) is 0 Å². The third-order valence-corrected chi connectivity index (χ3v) is 6.40. The van der Waals surface area contributed by atoms with E-state index in [1.807, 2.05) is 4.90 Å². The first kappa shape index (κ1) is 25.7. The summed E-state index contributed by atoms with van der Waals surface area (Å²) in [5, 5.41) is 15.1. The lowest BCUT2D eigenvalue weighted by Gasteiger charge is -2.19. The van der Waals surface area contributed by atoms with Crippen molar-refractivity contribution in [2.75, 3.05) is 31.6 Å². The number of carboxylic acids is 1. The fourth-order valence-corrected chi connectivity index (χ4v) is 4.41. The Kier molecular flexibility index (Phi) is 8.00. The molecule has 2 unspecified atom stereocenters. The van der Waals surface area contributed by atoms with Crippen LogP contribution in [-0.4, -0.2) is 76.3 Å². The number of carboxylic acid groups (broad SMARTS) is 1. The molecule has 4 heterocycles.